The summed E-state index contributed by atoms with van der Waals surface area (Å²) in [6, 6.07) is 5.60. The van der Waals surface area contributed by atoms with E-state index in [1.165, 1.54) is 12.1 Å². The molecule has 2 nitrogen and oxygen atoms in total. The van der Waals surface area contributed by atoms with Crippen LogP contribution in [0, 0.1) is 5.41 Å². The van der Waals surface area contributed by atoms with Gasteiger partial charge in [0.1, 0.15) is 0 Å². The van der Waals surface area contributed by atoms with Crippen LogP contribution in [0.2, 0.25) is 0 Å². The molecule has 2 bridgehead atoms. The number of aliphatic hydroxyl groups excluding tert-OH is 1. The van der Waals surface area contributed by atoms with E-state index in [9.17, 15) is 18.3 Å². The molecule has 2 heterocycles. The number of hydrogen-bond donors (Lipinski definition) is 2. The van der Waals surface area contributed by atoms with Crippen LogP contribution in [-0.2, 0) is 11.6 Å². The highest BCUT2D eigenvalue weighted by atomic mass is 19.4. The summed E-state index contributed by atoms with van der Waals surface area (Å²) >= 11 is 0. The number of aliphatic hydroxyl groups is 1. The first-order chi connectivity index (χ1) is 8.89. The number of rotatable bonds is 2. The van der Waals surface area contributed by atoms with Gasteiger partial charge >= 0.3 is 6.18 Å². The van der Waals surface area contributed by atoms with Crippen molar-refractivity contribution in [2.24, 2.45) is 5.41 Å². The molecule has 0 unspecified atom stereocenters. The third-order valence-corrected chi connectivity index (χ3v) is 4.53. The van der Waals surface area contributed by atoms with Gasteiger partial charge in [-0.25, -0.2) is 0 Å². The Kier molecular flexibility index (Phi) is 2.70. The van der Waals surface area contributed by atoms with Gasteiger partial charge in [0.25, 0.3) is 0 Å². The maximum absolute atomic E-state index is 12.8. The summed E-state index contributed by atoms with van der Waals surface area (Å²) in [6.45, 7) is 1.54. The first kappa shape index (κ1) is 12.9. The van der Waals surface area contributed by atoms with Crippen LogP contribution in [0.4, 0.5) is 13.2 Å². The normalized spacial score (nSPS) is 33.9. The fourth-order valence-electron chi connectivity index (χ4n) is 3.70. The Hall–Kier alpha value is -1.07. The van der Waals surface area contributed by atoms with E-state index in [2.05, 4.69) is 5.32 Å². The fourth-order valence-corrected chi connectivity index (χ4v) is 3.70. The van der Waals surface area contributed by atoms with E-state index in [1.807, 2.05) is 0 Å². The Bertz CT molecular complexity index is 492. The van der Waals surface area contributed by atoms with Crippen LogP contribution in [-0.4, -0.2) is 24.8 Å². The molecular weight excluding hydrogens is 255 g/mol. The summed E-state index contributed by atoms with van der Waals surface area (Å²) in [5, 5.41) is 12.6. The number of halogens is 3. The molecule has 0 atom stereocenters. The number of fused-ring (bicyclic) bond motifs is 2. The molecular formula is C14H16F3NO. The minimum absolute atomic E-state index is 0.0979. The summed E-state index contributed by atoms with van der Waals surface area (Å²) in [5.41, 5.74) is -0.223. The summed E-state index contributed by atoms with van der Waals surface area (Å²) in [6.07, 6.45) is -2.76. The molecule has 1 aromatic carbocycles. The standard InChI is InChI=1S/C14H16F3NO/c15-14(16,17)11-3-1-2-10(4-11)13-5-12(6-13,9-19)7-18-8-13/h1-4,18-19H,5-9H2. The topological polar surface area (TPSA) is 32.3 Å². The van der Waals surface area contributed by atoms with E-state index in [0.717, 1.165) is 31.0 Å². The summed E-state index contributed by atoms with van der Waals surface area (Å²) < 4.78 is 38.3. The average Bonchev–Trinajstić information content (AvgIpc) is 2.37. The Morgan fingerprint density at radius 1 is 1.21 bits per heavy atom. The van der Waals surface area contributed by atoms with Gasteiger partial charge in [0.15, 0.2) is 0 Å². The molecule has 3 fully saturated rings. The van der Waals surface area contributed by atoms with Gasteiger partial charge in [0.2, 0.25) is 0 Å². The number of alkyl halides is 3. The van der Waals surface area contributed by atoms with Gasteiger partial charge < -0.3 is 10.4 Å². The van der Waals surface area contributed by atoms with Crippen molar-refractivity contribution in [2.75, 3.05) is 19.7 Å². The van der Waals surface area contributed by atoms with Gasteiger partial charge in [-0.3, -0.25) is 0 Å². The average molecular weight is 271 g/mol. The second kappa shape index (κ2) is 3.96. The van der Waals surface area contributed by atoms with Crippen LogP contribution >= 0.6 is 0 Å². The molecule has 3 aliphatic rings. The first-order valence-electron chi connectivity index (χ1n) is 6.39. The van der Waals surface area contributed by atoms with E-state index in [1.54, 1.807) is 6.07 Å². The van der Waals surface area contributed by atoms with Crippen molar-refractivity contribution in [3.8, 4) is 0 Å². The maximum Gasteiger partial charge on any atom is 0.416 e. The van der Waals surface area contributed by atoms with Gasteiger partial charge in [-0.05, 0) is 24.5 Å². The zero-order chi connectivity index (χ0) is 13.7. The third kappa shape index (κ3) is 1.96. The van der Waals surface area contributed by atoms with Crippen molar-refractivity contribution in [3.63, 3.8) is 0 Å². The van der Waals surface area contributed by atoms with Crippen LogP contribution in [0.15, 0.2) is 24.3 Å². The summed E-state index contributed by atoms with van der Waals surface area (Å²) in [4.78, 5) is 0. The predicted molar refractivity (Wildman–Crippen MR) is 64.7 cm³/mol. The van der Waals surface area contributed by atoms with Gasteiger partial charge in [-0.1, -0.05) is 18.2 Å². The highest BCUT2D eigenvalue weighted by molar-refractivity contribution is 5.37. The number of nitrogens with one attached hydrogen (secondary N) is 1. The molecule has 0 radical (unpaired) electrons. The molecule has 4 rings (SSSR count). The van der Waals surface area contributed by atoms with Gasteiger partial charge in [0, 0.05) is 30.5 Å². The molecule has 2 N–H and O–H groups in total. The van der Waals surface area contributed by atoms with Crippen molar-refractivity contribution in [1.29, 1.82) is 0 Å². The Labute approximate surface area is 109 Å². The van der Waals surface area contributed by atoms with Crippen LogP contribution < -0.4 is 5.32 Å². The third-order valence-electron chi connectivity index (χ3n) is 4.53. The second-order valence-electron chi connectivity index (χ2n) is 5.97. The van der Waals surface area contributed by atoms with E-state index >= 15 is 0 Å². The minimum atomic E-state index is -4.30. The lowest BCUT2D eigenvalue weighted by Gasteiger charge is -2.60. The fraction of sp³-hybridized carbons (Fsp3) is 0.571. The molecule has 2 saturated heterocycles. The summed E-state index contributed by atoms with van der Waals surface area (Å²) in [7, 11) is 0. The predicted octanol–water partition coefficient (Wildman–Crippen LogP) is 2.32. The van der Waals surface area contributed by atoms with Gasteiger partial charge in [0.05, 0.1) is 5.56 Å². The van der Waals surface area contributed by atoms with Gasteiger partial charge in [-0.2, -0.15) is 13.2 Å². The van der Waals surface area contributed by atoms with Crippen molar-refractivity contribution >= 4 is 0 Å². The highest BCUT2D eigenvalue weighted by Crippen LogP contribution is 2.57. The molecule has 1 aliphatic carbocycles. The monoisotopic (exact) mass is 271 g/mol. The zero-order valence-electron chi connectivity index (χ0n) is 10.4. The lowest BCUT2D eigenvalue weighted by Crippen LogP contribution is -2.65. The molecule has 0 spiro atoms. The molecule has 5 heteroatoms. The number of piperidine rings is 2. The van der Waals surface area contributed by atoms with Crippen molar-refractivity contribution in [2.45, 2.75) is 24.4 Å². The molecule has 0 aromatic heterocycles. The Balaban J connectivity index is 1.92. The maximum atomic E-state index is 12.8. The van der Waals surface area contributed by atoms with Crippen LogP contribution in [0.5, 0.6) is 0 Å². The minimum Gasteiger partial charge on any atom is -0.396 e. The highest BCUT2D eigenvalue weighted by Gasteiger charge is 2.57. The second-order valence-corrected chi connectivity index (χ2v) is 5.97. The quantitative estimate of drug-likeness (QED) is 0.865. The van der Waals surface area contributed by atoms with Crippen LogP contribution in [0.3, 0.4) is 0 Å². The Morgan fingerprint density at radius 2 is 1.95 bits per heavy atom. The van der Waals surface area contributed by atoms with E-state index < -0.39 is 11.7 Å². The van der Waals surface area contributed by atoms with E-state index in [-0.39, 0.29) is 17.4 Å². The van der Waals surface area contributed by atoms with Crippen molar-refractivity contribution in [1.82, 2.24) is 5.32 Å². The molecule has 1 saturated carbocycles. The molecule has 1 aromatic rings. The first-order valence-corrected chi connectivity index (χ1v) is 6.39. The molecule has 19 heavy (non-hydrogen) atoms. The largest absolute Gasteiger partial charge is 0.416 e. The van der Waals surface area contributed by atoms with E-state index in [0.29, 0.717) is 6.54 Å². The number of hydrogen-bond acceptors (Lipinski definition) is 2. The van der Waals surface area contributed by atoms with E-state index in [4.69, 9.17) is 0 Å². The lowest BCUT2D eigenvalue weighted by atomic mass is 9.48. The van der Waals surface area contributed by atoms with Crippen LogP contribution in [0.25, 0.3) is 0 Å². The van der Waals surface area contributed by atoms with Gasteiger partial charge in [-0.15, -0.1) is 0 Å². The SMILES string of the molecule is OCC12CNCC(c3cccc(C(F)(F)F)c3)(C1)C2. The summed E-state index contributed by atoms with van der Waals surface area (Å²) in [5.74, 6) is 0. The zero-order valence-corrected chi connectivity index (χ0v) is 10.4. The number of benzene rings is 1. The van der Waals surface area contributed by atoms with Crippen molar-refractivity contribution < 1.29 is 18.3 Å². The molecule has 2 aliphatic heterocycles. The Morgan fingerprint density at radius 3 is 2.58 bits per heavy atom. The lowest BCUT2D eigenvalue weighted by molar-refractivity contribution is -0.137. The molecule has 104 valence electrons. The smallest absolute Gasteiger partial charge is 0.396 e. The molecule has 0 amide bonds. The van der Waals surface area contributed by atoms with Crippen molar-refractivity contribution in [3.05, 3.63) is 35.4 Å². The van der Waals surface area contributed by atoms with Crippen LogP contribution in [0.1, 0.15) is 24.0 Å².